The summed E-state index contributed by atoms with van der Waals surface area (Å²) in [5.41, 5.74) is 6.85. The van der Waals surface area contributed by atoms with Crippen molar-refractivity contribution < 1.29 is 4.74 Å². The zero-order valence-electron chi connectivity index (χ0n) is 10.00. The quantitative estimate of drug-likeness (QED) is 0.864. The van der Waals surface area contributed by atoms with E-state index in [1.807, 2.05) is 31.2 Å². The third-order valence-corrected chi connectivity index (χ3v) is 2.47. The monoisotopic (exact) mass is 232 g/mol. The lowest BCUT2D eigenvalue weighted by molar-refractivity contribution is 0.414. The van der Waals surface area contributed by atoms with Crippen LogP contribution in [0.25, 0.3) is 0 Å². The highest BCUT2D eigenvalue weighted by molar-refractivity contribution is 5.27. The molecule has 2 rings (SSSR count). The molecule has 1 aromatic heterocycles. The second-order valence-electron chi connectivity index (χ2n) is 3.94. The fourth-order valence-electron chi connectivity index (χ4n) is 1.51. The summed E-state index contributed by atoms with van der Waals surface area (Å²) in [6.45, 7) is 2.55. The molecule has 0 fully saturated rings. The van der Waals surface area contributed by atoms with Crippen LogP contribution in [0.15, 0.2) is 30.6 Å². The highest BCUT2D eigenvalue weighted by Crippen LogP contribution is 2.12. The number of aromatic nitrogens is 3. The first kappa shape index (κ1) is 11.6. The number of ether oxygens (including phenoxy) is 1. The van der Waals surface area contributed by atoms with Gasteiger partial charge in [0.15, 0.2) is 5.82 Å². The van der Waals surface area contributed by atoms with Gasteiger partial charge in [0.05, 0.1) is 19.7 Å². The van der Waals surface area contributed by atoms with Crippen LogP contribution in [0.2, 0.25) is 0 Å². The van der Waals surface area contributed by atoms with Gasteiger partial charge >= 0.3 is 0 Å². The van der Waals surface area contributed by atoms with Gasteiger partial charge in [0.1, 0.15) is 12.1 Å². The minimum atomic E-state index is -0.132. The molecule has 0 amide bonds. The molecule has 90 valence electrons. The zero-order valence-corrected chi connectivity index (χ0v) is 10.00. The minimum Gasteiger partial charge on any atom is -0.497 e. The fraction of sp³-hybridized carbons (Fsp3) is 0.333. The molecule has 1 aromatic carbocycles. The predicted octanol–water partition coefficient (Wildman–Crippen LogP) is 1.35. The SMILES string of the molecule is COc1ccc(Cn2cnc(C(C)N)n2)cc1. The van der Waals surface area contributed by atoms with Crippen LogP contribution >= 0.6 is 0 Å². The molecule has 0 spiro atoms. The lowest BCUT2D eigenvalue weighted by Gasteiger charge is -2.03. The molecular formula is C12H16N4O. The maximum Gasteiger partial charge on any atom is 0.166 e. The second-order valence-corrected chi connectivity index (χ2v) is 3.94. The topological polar surface area (TPSA) is 66.0 Å². The van der Waals surface area contributed by atoms with Gasteiger partial charge in [-0.1, -0.05) is 12.1 Å². The van der Waals surface area contributed by atoms with Gasteiger partial charge in [-0.3, -0.25) is 0 Å². The van der Waals surface area contributed by atoms with Crippen LogP contribution in [0.3, 0.4) is 0 Å². The minimum absolute atomic E-state index is 0.132. The smallest absolute Gasteiger partial charge is 0.166 e. The van der Waals surface area contributed by atoms with Gasteiger partial charge in [-0.2, -0.15) is 5.10 Å². The van der Waals surface area contributed by atoms with E-state index < -0.39 is 0 Å². The number of hydrogen-bond donors (Lipinski definition) is 1. The zero-order chi connectivity index (χ0) is 12.3. The predicted molar refractivity (Wildman–Crippen MR) is 64.7 cm³/mol. The van der Waals surface area contributed by atoms with E-state index in [0.717, 1.165) is 11.3 Å². The first-order valence-electron chi connectivity index (χ1n) is 5.47. The van der Waals surface area contributed by atoms with Gasteiger partial charge in [0.25, 0.3) is 0 Å². The number of nitrogens with two attached hydrogens (primary N) is 1. The molecule has 1 heterocycles. The number of rotatable bonds is 4. The van der Waals surface area contributed by atoms with Crippen molar-refractivity contribution in [1.29, 1.82) is 0 Å². The molecule has 1 unspecified atom stereocenters. The summed E-state index contributed by atoms with van der Waals surface area (Å²) in [7, 11) is 1.65. The molecule has 5 heteroatoms. The van der Waals surface area contributed by atoms with E-state index in [2.05, 4.69) is 10.1 Å². The van der Waals surface area contributed by atoms with Gasteiger partial charge in [0, 0.05) is 0 Å². The van der Waals surface area contributed by atoms with Crippen LogP contribution in [0, 0.1) is 0 Å². The first-order valence-corrected chi connectivity index (χ1v) is 5.47. The van der Waals surface area contributed by atoms with E-state index in [9.17, 15) is 0 Å². The molecule has 0 bridgehead atoms. The Morgan fingerprint density at radius 1 is 1.35 bits per heavy atom. The van der Waals surface area contributed by atoms with Crippen molar-refractivity contribution in [1.82, 2.24) is 14.8 Å². The standard InChI is InChI=1S/C12H16N4O/c1-9(13)12-14-8-16(15-12)7-10-3-5-11(17-2)6-4-10/h3-6,8-9H,7,13H2,1-2H3. The summed E-state index contributed by atoms with van der Waals surface area (Å²) in [5.74, 6) is 1.52. The van der Waals surface area contributed by atoms with Crippen LogP contribution in [0.4, 0.5) is 0 Å². The Morgan fingerprint density at radius 3 is 2.59 bits per heavy atom. The molecule has 0 radical (unpaired) electrons. The van der Waals surface area contributed by atoms with Crippen molar-refractivity contribution >= 4 is 0 Å². The summed E-state index contributed by atoms with van der Waals surface area (Å²) < 4.78 is 6.88. The Kier molecular flexibility index (Phi) is 3.39. The normalized spacial score (nSPS) is 12.4. The number of benzene rings is 1. The van der Waals surface area contributed by atoms with Crippen molar-refractivity contribution in [2.45, 2.75) is 19.5 Å². The van der Waals surface area contributed by atoms with Gasteiger partial charge in [-0.15, -0.1) is 0 Å². The van der Waals surface area contributed by atoms with E-state index >= 15 is 0 Å². The molecular weight excluding hydrogens is 216 g/mol. The van der Waals surface area contributed by atoms with Crippen molar-refractivity contribution in [3.8, 4) is 5.75 Å². The molecule has 5 nitrogen and oxygen atoms in total. The maximum absolute atomic E-state index is 5.70. The number of nitrogens with zero attached hydrogens (tertiary/aromatic N) is 3. The molecule has 0 aliphatic rings. The molecule has 0 aliphatic carbocycles. The Morgan fingerprint density at radius 2 is 2.06 bits per heavy atom. The van der Waals surface area contributed by atoms with Crippen molar-refractivity contribution in [2.75, 3.05) is 7.11 Å². The van der Waals surface area contributed by atoms with E-state index in [0.29, 0.717) is 12.4 Å². The van der Waals surface area contributed by atoms with Gasteiger partial charge in [-0.25, -0.2) is 9.67 Å². The van der Waals surface area contributed by atoms with Crippen molar-refractivity contribution in [2.24, 2.45) is 5.73 Å². The Bertz CT molecular complexity index is 476. The number of methoxy groups -OCH3 is 1. The van der Waals surface area contributed by atoms with Crippen molar-refractivity contribution in [3.63, 3.8) is 0 Å². The molecule has 2 aromatic rings. The van der Waals surface area contributed by atoms with Crippen LogP contribution in [0.5, 0.6) is 5.75 Å². The summed E-state index contributed by atoms with van der Waals surface area (Å²) in [5, 5.41) is 4.30. The summed E-state index contributed by atoms with van der Waals surface area (Å²) in [6.07, 6.45) is 1.70. The van der Waals surface area contributed by atoms with E-state index in [1.165, 1.54) is 0 Å². The lowest BCUT2D eigenvalue weighted by atomic mass is 10.2. The average Bonchev–Trinajstić information content (AvgIpc) is 2.79. The summed E-state index contributed by atoms with van der Waals surface area (Å²) in [4.78, 5) is 4.15. The maximum atomic E-state index is 5.70. The van der Waals surface area contributed by atoms with Crippen LogP contribution in [-0.2, 0) is 6.54 Å². The lowest BCUT2D eigenvalue weighted by Crippen LogP contribution is -2.08. The fourth-order valence-corrected chi connectivity index (χ4v) is 1.51. The Balaban J connectivity index is 2.08. The van der Waals surface area contributed by atoms with Crippen molar-refractivity contribution in [3.05, 3.63) is 42.0 Å². The third kappa shape index (κ3) is 2.82. The van der Waals surface area contributed by atoms with Gasteiger partial charge in [-0.05, 0) is 24.6 Å². The average molecular weight is 232 g/mol. The highest BCUT2D eigenvalue weighted by atomic mass is 16.5. The van der Waals surface area contributed by atoms with E-state index in [4.69, 9.17) is 10.5 Å². The van der Waals surface area contributed by atoms with E-state index in [-0.39, 0.29) is 6.04 Å². The largest absolute Gasteiger partial charge is 0.497 e. The molecule has 0 aliphatic heterocycles. The molecule has 17 heavy (non-hydrogen) atoms. The Labute approximate surface area is 100 Å². The van der Waals surface area contributed by atoms with Gasteiger partial charge in [0.2, 0.25) is 0 Å². The molecule has 0 saturated carbocycles. The summed E-state index contributed by atoms with van der Waals surface area (Å²) in [6, 6.07) is 7.74. The highest BCUT2D eigenvalue weighted by Gasteiger charge is 2.05. The Hall–Kier alpha value is -1.88. The summed E-state index contributed by atoms with van der Waals surface area (Å²) >= 11 is 0. The second kappa shape index (κ2) is 4.97. The van der Waals surface area contributed by atoms with Crippen LogP contribution < -0.4 is 10.5 Å². The molecule has 2 N–H and O–H groups in total. The first-order chi connectivity index (χ1) is 8.19. The molecule has 0 saturated heterocycles. The van der Waals surface area contributed by atoms with Gasteiger partial charge < -0.3 is 10.5 Å². The molecule has 1 atom stereocenters. The van der Waals surface area contributed by atoms with Crippen LogP contribution in [-0.4, -0.2) is 21.9 Å². The van der Waals surface area contributed by atoms with Crippen LogP contribution in [0.1, 0.15) is 24.4 Å². The number of hydrogen-bond acceptors (Lipinski definition) is 4. The third-order valence-electron chi connectivity index (χ3n) is 2.47. The van der Waals surface area contributed by atoms with E-state index in [1.54, 1.807) is 18.1 Å².